The first-order chi connectivity index (χ1) is 8.61. The van der Waals surface area contributed by atoms with Crippen molar-refractivity contribution < 1.29 is 4.79 Å². The van der Waals surface area contributed by atoms with Crippen molar-refractivity contribution in [2.24, 2.45) is 0 Å². The first-order valence-electron chi connectivity index (χ1n) is 5.90. The zero-order valence-electron chi connectivity index (χ0n) is 10.1. The van der Waals surface area contributed by atoms with Gasteiger partial charge in [-0.25, -0.2) is 0 Å². The fraction of sp³-hybridized carbons (Fsp3) is 0.462. The minimum absolute atomic E-state index is 0.00845. The Morgan fingerprint density at radius 3 is 2.89 bits per heavy atom. The van der Waals surface area contributed by atoms with Crippen molar-refractivity contribution in [3.8, 4) is 0 Å². The Bertz CT molecular complexity index is 453. The summed E-state index contributed by atoms with van der Waals surface area (Å²) in [6.07, 6.45) is 5.61. The molecule has 1 aliphatic carbocycles. The molecule has 5 heteroatoms. The van der Waals surface area contributed by atoms with Crippen LogP contribution in [0.4, 0.5) is 0 Å². The third-order valence-corrected chi connectivity index (χ3v) is 5.60. The van der Waals surface area contributed by atoms with Crippen LogP contribution in [0.25, 0.3) is 0 Å². The largest absolute Gasteiger partial charge is 0.348 e. The van der Waals surface area contributed by atoms with Crippen LogP contribution in [0.2, 0.25) is 0 Å². The number of halogens is 2. The molecule has 0 aromatic heterocycles. The summed E-state index contributed by atoms with van der Waals surface area (Å²) in [4.78, 5) is 12.3. The van der Waals surface area contributed by atoms with Crippen molar-refractivity contribution in [2.75, 3.05) is 6.26 Å². The van der Waals surface area contributed by atoms with Crippen LogP contribution in [0.3, 0.4) is 0 Å². The Morgan fingerprint density at radius 1 is 1.39 bits per heavy atom. The maximum atomic E-state index is 12.3. The molecule has 0 aliphatic heterocycles. The highest BCUT2D eigenvalue weighted by molar-refractivity contribution is 9.11. The lowest BCUT2D eigenvalue weighted by Crippen LogP contribution is -2.38. The molecule has 0 heterocycles. The zero-order chi connectivity index (χ0) is 13.1. The maximum absolute atomic E-state index is 12.3. The first-order valence-corrected chi connectivity index (χ1v) is 8.78. The van der Waals surface area contributed by atoms with Gasteiger partial charge in [0, 0.05) is 20.2 Å². The lowest BCUT2D eigenvalue weighted by Gasteiger charge is -2.19. The van der Waals surface area contributed by atoms with Crippen molar-refractivity contribution in [3.05, 3.63) is 32.7 Å². The van der Waals surface area contributed by atoms with Gasteiger partial charge in [0.25, 0.3) is 5.91 Å². The predicted molar refractivity (Wildman–Crippen MR) is 84.3 cm³/mol. The highest BCUT2D eigenvalue weighted by Crippen LogP contribution is 2.29. The third kappa shape index (κ3) is 3.31. The molecule has 1 aromatic carbocycles. The molecule has 1 N–H and O–H groups in total. The molecule has 98 valence electrons. The number of amides is 1. The van der Waals surface area contributed by atoms with Crippen molar-refractivity contribution >= 4 is 49.5 Å². The number of thioether (sulfide) groups is 1. The highest BCUT2D eigenvalue weighted by atomic mass is 79.9. The highest BCUT2D eigenvalue weighted by Gasteiger charge is 2.28. The Kier molecular flexibility index (Phi) is 5.15. The molecule has 1 aliphatic rings. The van der Waals surface area contributed by atoms with Crippen LogP contribution in [-0.4, -0.2) is 23.5 Å². The van der Waals surface area contributed by atoms with Gasteiger partial charge in [-0.05, 0) is 53.2 Å². The molecule has 0 bridgehead atoms. The molecule has 0 radical (unpaired) electrons. The normalized spacial score (nSPS) is 23.1. The van der Waals surface area contributed by atoms with E-state index >= 15 is 0 Å². The van der Waals surface area contributed by atoms with Gasteiger partial charge in [0.1, 0.15) is 0 Å². The van der Waals surface area contributed by atoms with E-state index in [-0.39, 0.29) is 5.91 Å². The van der Waals surface area contributed by atoms with Crippen LogP contribution in [0, 0.1) is 0 Å². The minimum atomic E-state index is 0.00845. The molecular formula is C13H15Br2NOS. The Labute approximate surface area is 129 Å². The zero-order valence-corrected chi connectivity index (χ0v) is 14.1. The van der Waals surface area contributed by atoms with Gasteiger partial charge in [-0.3, -0.25) is 4.79 Å². The number of carbonyl (C=O) groups excluding carboxylic acids is 1. The molecule has 2 atom stereocenters. The van der Waals surface area contributed by atoms with Gasteiger partial charge in [-0.15, -0.1) is 0 Å². The van der Waals surface area contributed by atoms with E-state index in [1.165, 1.54) is 12.8 Å². The molecule has 1 fully saturated rings. The Morgan fingerprint density at radius 2 is 2.17 bits per heavy atom. The maximum Gasteiger partial charge on any atom is 0.252 e. The predicted octanol–water partition coefficient (Wildman–Crippen LogP) is 4.23. The molecule has 0 saturated heterocycles. The SMILES string of the molecule is CSC1CCCC1NC(=O)c1cc(Br)ccc1Br. The van der Waals surface area contributed by atoms with Gasteiger partial charge in [0.05, 0.1) is 5.56 Å². The molecule has 1 amide bonds. The molecular weight excluding hydrogens is 378 g/mol. The van der Waals surface area contributed by atoms with Crippen LogP contribution in [-0.2, 0) is 0 Å². The van der Waals surface area contributed by atoms with Crippen molar-refractivity contribution in [1.29, 1.82) is 0 Å². The summed E-state index contributed by atoms with van der Waals surface area (Å²) in [6.45, 7) is 0. The average Bonchev–Trinajstić information content (AvgIpc) is 2.79. The standard InChI is InChI=1S/C13H15Br2NOS/c1-18-12-4-2-3-11(12)16-13(17)9-7-8(14)5-6-10(9)15/h5-7,11-12H,2-4H2,1H3,(H,16,17). The number of nitrogens with one attached hydrogen (secondary N) is 1. The second-order valence-electron chi connectivity index (χ2n) is 4.41. The number of rotatable bonds is 3. The summed E-state index contributed by atoms with van der Waals surface area (Å²) in [6, 6.07) is 5.96. The van der Waals surface area contributed by atoms with Gasteiger partial charge in [0.2, 0.25) is 0 Å². The van der Waals surface area contributed by atoms with Crippen LogP contribution < -0.4 is 5.32 Å². The van der Waals surface area contributed by atoms with E-state index in [4.69, 9.17) is 0 Å². The second-order valence-corrected chi connectivity index (χ2v) is 7.26. The minimum Gasteiger partial charge on any atom is -0.348 e. The van der Waals surface area contributed by atoms with Gasteiger partial charge < -0.3 is 5.32 Å². The van der Waals surface area contributed by atoms with Gasteiger partial charge in [-0.2, -0.15) is 11.8 Å². The smallest absolute Gasteiger partial charge is 0.252 e. The fourth-order valence-corrected chi connectivity index (χ4v) is 4.01. The van der Waals surface area contributed by atoms with E-state index in [9.17, 15) is 4.79 Å². The number of benzene rings is 1. The number of hydrogen-bond donors (Lipinski definition) is 1. The second kappa shape index (κ2) is 6.44. The molecule has 2 nitrogen and oxygen atoms in total. The van der Waals surface area contributed by atoms with E-state index in [1.54, 1.807) is 0 Å². The van der Waals surface area contributed by atoms with E-state index in [2.05, 4.69) is 43.4 Å². The van der Waals surface area contributed by atoms with Crippen LogP contribution in [0.5, 0.6) is 0 Å². The summed E-state index contributed by atoms with van der Waals surface area (Å²) in [7, 11) is 0. The quantitative estimate of drug-likeness (QED) is 0.833. The topological polar surface area (TPSA) is 29.1 Å². The fourth-order valence-electron chi connectivity index (χ4n) is 2.29. The van der Waals surface area contributed by atoms with Gasteiger partial charge >= 0.3 is 0 Å². The molecule has 18 heavy (non-hydrogen) atoms. The Hall–Kier alpha value is -0.000000000000000111. The van der Waals surface area contributed by atoms with Crippen LogP contribution in [0.1, 0.15) is 29.6 Å². The number of hydrogen-bond acceptors (Lipinski definition) is 2. The molecule has 0 spiro atoms. The van der Waals surface area contributed by atoms with Crippen molar-refractivity contribution in [1.82, 2.24) is 5.32 Å². The van der Waals surface area contributed by atoms with E-state index in [0.717, 1.165) is 15.4 Å². The molecule has 2 unspecified atom stereocenters. The summed E-state index contributed by atoms with van der Waals surface area (Å²) >= 11 is 8.67. The van der Waals surface area contributed by atoms with Crippen molar-refractivity contribution in [3.63, 3.8) is 0 Å². The summed E-state index contributed by atoms with van der Waals surface area (Å²) in [5, 5.41) is 3.71. The number of carbonyl (C=O) groups is 1. The van der Waals surface area contributed by atoms with E-state index < -0.39 is 0 Å². The van der Waals surface area contributed by atoms with Gasteiger partial charge in [0.15, 0.2) is 0 Å². The molecule has 2 rings (SSSR count). The third-order valence-electron chi connectivity index (χ3n) is 3.24. The lowest BCUT2D eigenvalue weighted by atomic mass is 10.2. The van der Waals surface area contributed by atoms with Gasteiger partial charge in [-0.1, -0.05) is 22.4 Å². The molecule has 1 aromatic rings. The van der Waals surface area contributed by atoms with E-state index in [1.807, 2.05) is 30.0 Å². The first kappa shape index (κ1) is 14.4. The summed E-state index contributed by atoms with van der Waals surface area (Å²) in [5.74, 6) is 0.00845. The molecule has 1 saturated carbocycles. The van der Waals surface area contributed by atoms with Crippen LogP contribution >= 0.6 is 43.6 Å². The lowest BCUT2D eigenvalue weighted by molar-refractivity contribution is 0.0938. The van der Waals surface area contributed by atoms with Crippen molar-refractivity contribution in [2.45, 2.75) is 30.6 Å². The van der Waals surface area contributed by atoms with Crippen LogP contribution in [0.15, 0.2) is 27.1 Å². The average molecular weight is 393 g/mol. The monoisotopic (exact) mass is 391 g/mol. The Balaban J connectivity index is 2.09. The van der Waals surface area contributed by atoms with E-state index in [0.29, 0.717) is 16.9 Å². The summed E-state index contributed by atoms with van der Waals surface area (Å²) < 4.78 is 1.76. The summed E-state index contributed by atoms with van der Waals surface area (Å²) in [5.41, 5.74) is 0.691.